The average Bonchev–Trinajstić information content (AvgIpc) is 2.78. The maximum absolute atomic E-state index is 12.9. The van der Waals surface area contributed by atoms with Crippen LogP contribution in [0, 0.1) is 5.82 Å². The number of pyridine rings is 1. The van der Waals surface area contributed by atoms with E-state index in [0.717, 1.165) is 17.0 Å². The van der Waals surface area contributed by atoms with E-state index in [1.54, 1.807) is 23.0 Å². The first kappa shape index (κ1) is 11.2. The Bertz CT molecular complexity index is 444. The Hall–Kier alpha value is -1.33. The smallest absolute Gasteiger partial charge is 0.141 e. The maximum Gasteiger partial charge on any atom is 0.141 e. The first-order chi connectivity index (χ1) is 7.75. The number of halogens is 1. The molecular weight excluding hydrogens is 225 g/mol. The molecule has 0 bridgehead atoms. The number of nitrogens with zero attached hydrogens (tertiary/aromatic N) is 2. The third-order valence-electron chi connectivity index (χ3n) is 2.29. The zero-order valence-corrected chi connectivity index (χ0v) is 9.67. The molecule has 2 heterocycles. The van der Waals surface area contributed by atoms with E-state index in [2.05, 4.69) is 15.3 Å². The van der Waals surface area contributed by atoms with Gasteiger partial charge in [0.15, 0.2) is 0 Å². The summed E-state index contributed by atoms with van der Waals surface area (Å²) in [5.41, 5.74) is 2.65. The molecule has 1 N–H and O–H groups in total. The molecule has 16 heavy (non-hydrogen) atoms. The van der Waals surface area contributed by atoms with Crippen molar-refractivity contribution in [3.63, 3.8) is 0 Å². The van der Waals surface area contributed by atoms with Crippen molar-refractivity contribution in [2.24, 2.45) is 0 Å². The van der Waals surface area contributed by atoms with Gasteiger partial charge in [-0.1, -0.05) is 0 Å². The zero-order valence-electron chi connectivity index (χ0n) is 8.85. The second kappa shape index (κ2) is 5.14. The zero-order chi connectivity index (χ0) is 11.4. The van der Waals surface area contributed by atoms with Gasteiger partial charge in [-0.25, -0.2) is 4.39 Å². The Kier molecular flexibility index (Phi) is 3.58. The highest BCUT2D eigenvalue weighted by Gasteiger charge is 2.06. The third kappa shape index (κ3) is 2.84. The van der Waals surface area contributed by atoms with Gasteiger partial charge in [0.1, 0.15) is 5.82 Å². The fourth-order valence-corrected chi connectivity index (χ4v) is 1.91. The second-order valence-electron chi connectivity index (χ2n) is 3.51. The van der Waals surface area contributed by atoms with Gasteiger partial charge in [0, 0.05) is 29.9 Å². The van der Waals surface area contributed by atoms with Crippen molar-refractivity contribution in [1.29, 1.82) is 0 Å². The Morgan fingerprint density at radius 3 is 2.94 bits per heavy atom. The maximum atomic E-state index is 12.9. The van der Waals surface area contributed by atoms with Crippen LogP contribution in [0.4, 0.5) is 4.39 Å². The van der Waals surface area contributed by atoms with E-state index in [1.165, 1.54) is 12.3 Å². The van der Waals surface area contributed by atoms with Gasteiger partial charge in [0.25, 0.3) is 0 Å². The van der Waals surface area contributed by atoms with E-state index in [1.807, 2.05) is 13.1 Å². The van der Waals surface area contributed by atoms with Gasteiger partial charge < -0.3 is 5.32 Å². The predicted octanol–water partition coefficient (Wildman–Crippen LogP) is 2.53. The van der Waals surface area contributed by atoms with Crippen LogP contribution in [0.3, 0.4) is 0 Å². The van der Waals surface area contributed by atoms with Gasteiger partial charge in [-0.15, -0.1) is 11.3 Å². The van der Waals surface area contributed by atoms with Gasteiger partial charge >= 0.3 is 0 Å². The monoisotopic (exact) mass is 237 g/mol. The number of hydrogen-bond acceptors (Lipinski definition) is 4. The molecule has 0 spiro atoms. The molecule has 84 valence electrons. The number of nitrogens with one attached hydrogen (secondary N) is 1. The highest BCUT2D eigenvalue weighted by molar-refractivity contribution is 7.09. The van der Waals surface area contributed by atoms with Crippen molar-refractivity contribution >= 4 is 11.3 Å². The third-order valence-corrected chi connectivity index (χ3v) is 3.07. The lowest BCUT2D eigenvalue weighted by Gasteiger charge is -2.12. The molecule has 0 saturated heterocycles. The summed E-state index contributed by atoms with van der Waals surface area (Å²) in [6, 6.07) is 1.57. The van der Waals surface area contributed by atoms with Crippen molar-refractivity contribution in [2.75, 3.05) is 0 Å². The standard InChI is InChI=1S/C11H12FN3S/c1-8(9-2-10(12)4-13-3-9)15-6-11-5-14-7-16-11/h2-5,7-8,15H,6H2,1H3/t8-/m1/s1. The summed E-state index contributed by atoms with van der Waals surface area (Å²) in [5, 5.41) is 3.29. The Balaban J connectivity index is 1.95. The quantitative estimate of drug-likeness (QED) is 0.888. The molecule has 3 nitrogen and oxygen atoms in total. The lowest BCUT2D eigenvalue weighted by atomic mass is 10.1. The highest BCUT2D eigenvalue weighted by atomic mass is 32.1. The molecule has 0 unspecified atom stereocenters. The second-order valence-corrected chi connectivity index (χ2v) is 4.48. The van der Waals surface area contributed by atoms with E-state index in [9.17, 15) is 4.39 Å². The van der Waals surface area contributed by atoms with Crippen LogP contribution in [0.25, 0.3) is 0 Å². The van der Waals surface area contributed by atoms with Crippen molar-refractivity contribution in [2.45, 2.75) is 19.5 Å². The van der Waals surface area contributed by atoms with Crippen LogP contribution in [-0.2, 0) is 6.54 Å². The molecule has 2 aromatic rings. The predicted molar refractivity (Wildman–Crippen MR) is 61.6 cm³/mol. The van der Waals surface area contributed by atoms with Crippen LogP contribution in [0.15, 0.2) is 30.2 Å². The first-order valence-electron chi connectivity index (χ1n) is 4.97. The van der Waals surface area contributed by atoms with Crippen LogP contribution in [0.1, 0.15) is 23.4 Å². The van der Waals surface area contributed by atoms with E-state index < -0.39 is 0 Å². The van der Waals surface area contributed by atoms with Gasteiger partial charge in [-0.3, -0.25) is 9.97 Å². The molecule has 0 amide bonds. The van der Waals surface area contributed by atoms with Crippen LogP contribution >= 0.6 is 11.3 Å². The first-order valence-corrected chi connectivity index (χ1v) is 5.85. The molecule has 0 aliphatic carbocycles. The van der Waals surface area contributed by atoms with Crippen LogP contribution in [-0.4, -0.2) is 9.97 Å². The molecule has 1 atom stereocenters. The van der Waals surface area contributed by atoms with Gasteiger partial charge in [-0.2, -0.15) is 0 Å². The molecule has 0 saturated carbocycles. The molecular formula is C11H12FN3S. The molecule has 2 rings (SSSR count). The summed E-state index contributed by atoms with van der Waals surface area (Å²) in [6.07, 6.45) is 4.71. The topological polar surface area (TPSA) is 37.8 Å². The van der Waals surface area contributed by atoms with E-state index >= 15 is 0 Å². The fraction of sp³-hybridized carbons (Fsp3) is 0.273. The van der Waals surface area contributed by atoms with Crippen molar-refractivity contribution in [3.05, 3.63) is 46.4 Å². The number of rotatable bonds is 4. The largest absolute Gasteiger partial charge is 0.305 e. The molecule has 5 heteroatoms. The van der Waals surface area contributed by atoms with Crippen molar-refractivity contribution < 1.29 is 4.39 Å². The van der Waals surface area contributed by atoms with Crippen molar-refractivity contribution in [3.8, 4) is 0 Å². The number of hydrogen-bond donors (Lipinski definition) is 1. The lowest BCUT2D eigenvalue weighted by Crippen LogP contribution is -2.17. The van der Waals surface area contributed by atoms with Crippen molar-refractivity contribution in [1.82, 2.24) is 15.3 Å². The Morgan fingerprint density at radius 1 is 1.38 bits per heavy atom. The molecule has 0 fully saturated rings. The van der Waals surface area contributed by atoms with Crippen LogP contribution < -0.4 is 5.32 Å². The lowest BCUT2D eigenvalue weighted by molar-refractivity contribution is 0.563. The van der Waals surface area contributed by atoms with Gasteiger partial charge in [0.2, 0.25) is 0 Å². The highest BCUT2D eigenvalue weighted by Crippen LogP contribution is 2.13. The fourth-order valence-electron chi connectivity index (χ4n) is 1.37. The molecule has 2 aromatic heterocycles. The summed E-state index contributed by atoms with van der Waals surface area (Å²) in [7, 11) is 0. The summed E-state index contributed by atoms with van der Waals surface area (Å²) < 4.78 is 12.9. The minimum absolute atomic E-state index is 0.0744. The van der Waals surface area contributed by atoms with Crippen LogP contribution in [0.5, 0.6) is 0 Å². The van der Waals surface area contributed by atoms with Gasteiger partial charge in [0.05, 0.1) is 11.7 Å². The number of thiazole rings is 1. The molecule has 0 aliphatic heterocycles. The Morgan fingerprint density at radius 2 is 2.25 bits per heavy atom. The summed E-state index contributed by atoms with van der Waals surface area (Å²) in [5.74, 6) is -0.302. The van der Waals surface area contributed by atoms with E-state index in [0.29, 0.717) is 0 Å². The minimum atomic E-state index is -0.302. The summed E-state index contributed by atoms with van der Waals surface area (Å²) in [4.78, 5) is 8.98. The average molecular weight is 237 g/mol. The van der Waals surface area contributed by atoms with Crippen LogP contribution in [0.2, 0.25) is 0 Å². The molecule has 0 aliphatic rings. The normalized spacial score (nSPS) is 12.6. The number of aromatic nitrogens is 2. The van der Waals surface area contributed by atoms with E-state index in [-0.39, 0.29) is 11.9 Å². The molecule has 0 radical (unpaired) electrons. The minimum Gasteiger partial charge on any atom is -0.305 e. The Labute approximate surface area is 97.4 Å². The van der Waals surface area contributed by atoms with E-state index in [4.69, 9.17) is 0 Å². The summed E-state index contributed by atoms with van der Waals surface area (Å²) in [6.45, 7) is 2.72. The van der Waals surface area contributed by atoms with Gasteiger partial charge in [-0.05, 0) is 18.6 Å². The SMILES string of the molecule is C[C@@H](NCc1cncs1)c1cncc(F)c1. The summed E-state index contributed by atoms with van der Waals surface area (Å²) >= 11 is 1.60. The molecule has 0 aromatic carbocycles.